The number of aryl methyl sites for hydroxylation is 1. The minimum absolute atomic E-state index is 0.733. The van der Waals surface area contributed by atoms with Crippen LogP contribution < -0.4 is 10.6 Å². The van der Waals surface area contributed by atoms with Crippen LogP contribution in [0.4, 0.5) is 0 Å². The van der Waals surface area contributed by atoms with Crippen LogP contribution >= 0.6 is 11.3 Å². The van der Waals surface area contributed by atoms with Gasteiger partial charge >= 0.3 is 0 Å². The largest absolute Gasteiger partial charge is 0.357 e. The molecule has 0 saturated heterocycles. The summed E-state index contributed by atoms with van der Waals surface area (Å²) < 4.78 is 0. The number of aromatic amines is 1. The Morgan fingerprint density at radius 1 is 1.19 bits per heavy atom. The first-order valence-corrected chi connectivity index (χ1v) is 9.99. The highest BCUT2D eigenvalue weighted by molar-refractivity contribution is 7.11. The second-order valence-corrected chi connectivity index (χ2v) is 7.16. The molecule has 0 fully saturated rings. The monoisotopic (exact) mass is 370 g/mol. The summed E-state index contributed by atoms with van der Waals surface area (Å²) in [6.07, 6.45) is 4.73. The van der Waals surface area contributed by atoms with E-state index in [0.717, 1.165) is 66.7 Å². The second-order valence-electron chi connectivity index (χ2n) is 5.96. The highest BCUT2D eigenvalue weighted by atomic mass is 32.1. The van der Waals surface area contributed by atoms with Gasteiger partial charge in [-0.25, -0.2) is 9.97 Å². The molecule has 2 heterocycles. The summed E-state index contributed by atoms with van der Waals surface area (Å²) in [5.74, 6) is 1.83. The van der Waals surface area contributed by atoms with Crippen molar-refractivity contribution in [1.82, 2.24) is 25.6 Å². The second kappa shape index (κ2) is 9.33. The zero-order valence-electron chi connectivity index (χ0n) is 15.4. The minimum Gasteiger partial charge on any atom is -0.357 e. The fourth-order valence-corrected chi connectivity index (χ4v) is 3.51. The van der Waals surface area contributed by atoms with E-state index in [1.54, 1.807) is 11.3 Å². The average molecular weight is 371 g/mol. The van der Waals surface area contributed by atoms with Crippen LogP contribution in [0.1, 0.15) is 29.6 Å². The number of H-pyrrole nitrogens is 1. The Morgan fingerprint density at radius 3 is 2.85 bits per heavy atom. The summed E-state index contributed by atoms with van der Waals surface area (Å²) >= 11 is 1.78. The number of nitrogens with one attached hydrogen (secondary N) is 3. The molecular weight excluding hydrogens is 344 g/mol. The molecule has 0 bridgehead atoms. The predicted octanol–water partition coefficient (Wildman–Crippen LogP) is 2.92. The first-order valence-electron chi connectivity index (χ1n) is 9.18. The van der Waals surface area contributed by atoms with Crippen molar-refractivity contribution in [1.29, 1.82) is 0 Å². The zero-order chi connectivity index (χ0) is 18.2. The van der Waals surface area contributed by atoms with Crippen LogP contribution in [0.25, 0.3) is 11.0 Å². The Bertz CT molecular complexity index is 817. The fraction of sp³-hybridized carbons (Fsp3) is 0.421. The molecule has 0 radical (unpaired) electrons. The summed E-state index contributed by atoms with van der Waals surface area (Å²) in [6, 6.07) is 8.10. The Hall–Kier alpha value is -2.41. The van der Waals surface area contributed by atoms with Crippen molar-refractivity contribution < 1.29 is 0 Å². The van der Waals surface area contributed by atoms with Crippen LogP contribution in [0.5, 0.6) is 0 Å². The van der Waals surface area contributed by atoms with E-state index in [1.807, 2.05) is 30.5 Å². The molecule has 3 rings (SSSR count). The molecule has 0 aliphatic heterocycles. The number of hydrogen-bond donors (Lipinski definition) is 3. The van der Waals surface area contributed by atoms with Crippen LogP contribution in [0, 0.1) is 0 Å². The van der Waals surface area contributed by atoms with Gasteiger partial charge < -0.3 is 15.6 Å². The van der Waals surface area contributed by atoms with Gasteiger partial charge in [0.1, 0.15) is 5.82 Å². The van der Waals surface area contributed by atoms with Crippen molar-refractivity contribution in [3.63, 3.8) is 0 Å². The number of aliphatic imine (C=N–C) groups is 1. The fourth-order valence-electron chi connectivity index (χ4n) is 2.66. The summed E-state index contributed by atoms with van der Waals surface area (Å²) in [4.78, 5) is 18.4. The molecule has 0 amide bonds. The molecule has 2 aromatic heterocycles. The SMILES string of the molecule is CCNC(=NCCc1ncc(CC)s1)NCCc1nc2ccccc2[nH]1. The molecule has 138 valence electrons. The predicted molar refractivity (Wildman–Crippen MR) is 109 cm³/mol. The lowest BCUT2D eigenvalue weighted by atomic mass is 10.3. The number of imidazole rings is 1. The lowest BCUT2D eigenvalue weighted by Crippen LogP contribution is -2.38. The van der Waals surface area contributed by atoms with E-state index in [2.05, 4.69) is 44.4 Å². The standard InChI is InChI=1S/C19H26N6S/c1-3-14-13-23-18(26-14)10-12-22-19(20-4-2)21-11-9-17-24-15-7-5-6-8-16(15)25-17/h5-8,13H,3-4,9-12H2,1-2H3,(H,24,25)(H2,20,21,22). The molecule has 0 saturated carbocycles. The number of nitrogens with zero attached hydrogens (tertiary/aromatic N) is 3. The quantitative estimate of drug-likeness (QED) is 0.421. The Balaban J connectivity index is 1.49. The molecule has 3 N–H and O–H groups in total. The molecule has 0 atom stereocenters. The van der Waals surface area contributed by atoms with Gasteiger partial charge in [0.2, 0.25) is 0 Å². The van der Waals surface area contributed by atoms with Crippen LogP contribution in [-0.4, -0.2) is 40.5 Å². The number of thiazole rings is 1. The third-order valence-electron chi connectivity index (χ3n) is 3.98. The van der Waals surface area contributed by atoms with Crippen molar-refractivity contribution in [2.75, 3.05) is 19.6 Å². The Kier molecular flexibility index (Phi) is 6.60. The van der Waals surface area contributed by atoms with Crippen LogP contribution in [0.3, 0.4) is 0 Å². The van der Waals surface area contributed by atoms with Gasteiger partial charge in [-0.2, -0.15) is 0 Å². The lowest BCUT2D eigenvalue weighted by Gasteiger charge is -2.10. The van der Waals surface area contributed by atoms with Gasteiger partial charge in [0.15, 0.2) is 5.96 Å². The van der Waals surface area contributed by atoms with E-state index < -0.39 is 0 Å². The van der Waals surface area contributed by atoms with E-state index in [4.69, 9.17) is 0 Å². The van der Waals surface area contributed by atoms with Gasteiger partial charge in [-0.05, 0) is 25.5 Å². The van der Waals surface area contributed by atoms with Crippen LogP contribution in [-0.2, 0) is 19.3 Å². The smallest absolute Gasteiger partial charge is 0.191 e. The van der Waals surface area contributed by atoms with Gasteiger partial charge in [0.25, 0.3) is 0 Å². The van der Waals surface area contributed by atoms with Crippen molar-refractivity contribution in [2.45, 2.75) is 33.1 Å². The van der Waals surface area contributed by atoms with Gasteiger partial charge in [-0.1, -0.05) is 19.1 Å². The zero-order valence-corrected chi connectivity index (χ0v) is 16.2. The van der Waals surface area contributed by atoms with Gasteiger partial charge in [0.05, 0.1) is 16.0 Å². The molecule has 3 aromatic rings. The Labute approximate surface area is 158 Å². The number of fused-ring (bicyclic) bond motifs is 1. The molecular formula is C19H26N6S. The molecule has 7 heteroatoms. The van der Waals surface area contributed by atoms with E-state index in [-0.39, 0.29) is 0 Å². The summed E-state index contributed by atoms with van der Waals surface area (Å²) in [5, 5.41) is 7.82. The van der Waals surface area contributed by atoms with Crippen LogP contribution in [0.15, 0.2) is 35.5 Å². The lowest BCUT2D eigenvalue weighted by molar-refractivity contribution is 0.778. The van der Waals surface area contributed by atoms with E-state index in [1.165, 1.54) is 4.88 Å². The van der Waals surface area contributed by atoms with Crippen molar-refractivity contribution in [3.8, 4) is 0 Å². The van der Waals surface area contributed by atoms with Gasteiger partial charge in [-0.3, -0.25) is 4.99 Å². The van der Waals surface area contributed by atoms with Crippen LogP contribution in [0.2, 0.25) is 0 Å². The molecule has 0 unspecified atom stereocenters. The first-order chi connectivity index (χ1) is 12.8. The highest BCUT2D eigenvalue weighted by Gasteiger charge is 2.04. The summed E-state index contributed by atoms with van der Waals surface area (Å²) in [5.41, 5.74) is 2.09. The molecule has 6 nitrogen and oxygen atoms in total. The molecule has 0 aliphatic carbocycles. The minimum atomic E-state index is 0.733. The highest BCUT2D eigenvalue weighted by Crippen LogP contribution is 2.13. The van der Waals surface area contributed by atoms with E-state index in [0.29, 0.717) is 0 Å². The number of benzene rings is 1. The number of rotatable bonds is 8. The van der Waals surface area contributed by atoms with Crippen molar-refractivity contribution in [3.05, 3.63) is 46.2 Å². The summed E-state index contributed by atoms with van der Waals surface area (Å²) in [6.45, 7) is 6.59. The molecule has 0 aliphatic rings. The first kappa shape index (κ1) is 18.4. The van der Waals surface area contributed by atoms with E-state index in [9.17, 15) is 0 Å². The number of hydrogen-bond acceptors (Lipinski definition) is 4. The molecule has 26 heavy (non-hydrogen) atoms. The van der Waals surface area contributed by atoms with Crippen molar-refractivity contribution >= 4 is 28.3 Å². The number of para-hydroxylation sites is 2. The maximum Gasteiger partial charge on any atom is 0.191 e. The number of aromatic nitrogens is 3. The average Bonchev–Trinajstić information content (AvgIpc) is 3.27. The maximum absolute atomic E-state index is 4.65. The third-order valence-corrected chi connectivity index (χ3v) is 5.18. The Morgan fingerprint density at radius 2 is 2.08 bits per heavy atom. The number of guanidine groups is 1. The van der Waals surface area contributed by atoms with Crippen molar-refractivity contribution in [2.24, 2.45) is 4.99 Å². The maximum atomic E-state index is 4.65. The molecule has 1 aromatic carbocycles. The third kappa shape index (κ3) is 5.05. The topological polar surface area (TPSA) is 78.0 Å². The summed E-state index contributed by atoms with van der Waals surface area (Å²) in [7, 11) is 0. The molecule has 0 spiro atoms. The van der Waals surface area contributed by atoms with Gasteiger partial charge in [-0.15, -0.1) is 11.3 Å². The normalized spacial score (nSPS) is 11.8. The van der Waals surface area contributed by atoms with E-state index >= 15 is 0 Å². The van der Waals surface area contributed by atoms with Gasteiger partial charge in [0, 0.05) is 43.5 Å².